The summed E-state index contributed by atoms with van der Waals surface area (Å²) in [7, 11) is -0.226. The first-order valence-electron chi connectivity index (χ1n) is 9.36. The van der Waals surface area contributed by atoms with E-state index in [1.54, 1.807) is 0 Å². The fourth-order valence-corrected chi connectivity index (χ4v) is 3.29. The molecule has 0 aliphatic rings. The summed E-state index contributed by atoms with van der Waals surface area (Å²) in [4.78, 5) is 0. The molecule has 0 fully saturated rings. The van der Waals surface area contributed by atoms with Crippen molar-refractivity contribution in [1.82, 2.24) is 29.1 Å². The molecule has 3 heterocycles. The van der Waals surface area contributed by atoms with Crippen molar-refractivity contribution < 1.29 is 21.1 Å². The fourth-order valence-electron chi connectivity index (χ4n) is 3.29. The van der Waals surface area contributed by atoms with Crippen LogP contribution in [0.3, 0.4) is 0 Å². The Kier molecular flexibility index (Phi) is 9.50. The van der Waals surface area contributed by atoms with Crippen LogP contribution in [0.5, 0.6) is 0 Å². The van der Waals surface area contributed by atoms with Crippen LogP contribution in [0.1, 0.15) is 34.2 Å². The van der Waals surface area contributed by atoms with Gasteiger partial charge in [-0.25, -0.2) is 15.3 Å². The molecule has 0 aliphatic carbocycles. The zero-order valence-electron chi connectivity index (χ0n) is 18.7. The summed E-state index contributed by atoms with van der Waals surface area (Å²) < 4.78 is 5.94. The molecule has 1 aromatic carbocycles. The van der Waals surface area contributed by atoms with Crippen molar-refractivity contribution in [2.45, 2.75) is 41.5 Å². The molecule has 0 spiro atoms. The second kappa shape index (κ2) is 11.1. The van der Waals surface area contributed by atoms with E-state index in [4.69, 9.17) is 0 Å². The van der Waals surface area contributed by atoms with Crippen LogP contribution in [0.15, 0.2) is 48.5 Å². The predicted octanol–water partition coefficient (Wildman–Crippen LogP) is 3.99. The minimum Gasteiger partial charge on any atom is -0.422 e. The largest absolute Gasteiger partial charge is 0.422 e. The van der Waals surface area contributed by atoms with Gasteiger partial charge in [0, 0.05) is 21.1 Å². The van der Waals surface area contributed by atoms with Gasteiger partial charge in [0.05, 0.1) is 17.1 Å². The summed E-state index contributed by atoms with van der Waals surface area (Å²) in [5.41, 5.74) is 6.23. The number of rotatable bonds is 3. The molecule has 8 heteroatoms. The topological polar surface area (TPSA) is 53.5 Å². The van der Waals surface area contributed by atoms with E-state index in [1.807, 2.05) is 64.9 Å². The molecule has 30 heavy (non-hydrogen) atoms. The van der Waals surface area contributed by atoms with Gasteiger partial charge >= 0.3 is 0 Å². The normalized spacial score (nSPS) is 10.1. The molecule has 0 aliphatic heterocycles. The molecule has 0 amide bonds. The van der Waals surface area contributed by atoms with E-state index in [0.29, 0.717) is 0 Å². The van der Waals surface area contributed by atoms with Gasteiger partial charge in [-0.1, -0.05) is 0 Å². The van der Waals surface area contributed by atoms with Crippen LogP contribution < -0.4 is 0 Å². The predicted molar refractivity (Wildman–Crippen MR) is 119 cm³/mol. The Morgan fingerprint density at radius 3 is 1.13 bits per heavy atom. The molecule has 3 aromatic heterocycles. The first-order valence-corrected chi connectivity index (χ1v) is 9.36. The van der Waals surface area contributed by atoms with Crippen LogP contribution in [0.4, 0.5) is 0 Å². The van der Waals surface area contributed by atoms with E-state index in [1.165, 1.54) is 0 Å². The zero-order chi connectivity index (χ0) is 20.3. The summed E-state index contributed by atoms with van der Waals surface area (Å²) in [6.45, 7) is 12.2. The molecule has 0 saturated carbocycles. The average molecular weight is 583 g/mol. The maximum absolute atomic E-state index is 4.66. The fraction of sp³-hybridized carbons (Fsp3) is 0.273. The summed E-state index contributed by atoms with van der Waals surface area (Å²) in [5, 5.41) is 14.0. The van der Waals surface area contributed by atoms with Crippen molar-refractivity contribution in [3.05, 3.63) is 96.2 Å². The van der Waals surface area contributed by atoms with E-state index < -0.39 is 0 Å². The monoisotopic (exact) mass is 583 g/mol. The minimum absolute atomic E-state index is 0. The van der Waals surface area contributed by atoms with Gasteiger partial charge in [-0.3, -0.25) is 0 Å². The van der Waals surface area contributed by atoms with Gasteiger partial charge in [-0.05, 0) is 76.8 Å². The molecule has 6 nitrogen and oxygen atoms in total. The van der Waals surface area contributed by atoms with E-state index in [0.717, 1.165) is 34.2 Å². The molecule has 0 unspecified atom stereocenters. The van der Waals surface area contributed by atoms with Crippen LogP contribution in [0.2, 0.25) is 0 Å². The molecule has 4 rings (SSSR count). The number of aromatic nitrogens is 6. The Labute approximate surface area is 194 Å². The Morgan fingerprint density at radius 1 is 0.633 bits per heavy atom. The third kappa shape index (κ3) is 5.82. The molecule has 0 N–H and O–H groups in total. The second-order valence-electron chi connectivity index (χ2n) is 7.04. The van der Waals surface area contributed by atoms with Crippen molar-refractivity contribution in [2.75, 3.05) is 0 Å². The van der Waals surface area contributed by atoms with Crippen LogP contribution in [0, 0.1) is 55.0 Å². The molecule has 163 valence electrons. The molecular formula is C22H29BN6Pt-3. The summed E-state index contributed by atoms with van der Waals surface area (Å²) >= 11 is 0. The third-order valence-electron chi connectivity index (χ3n) is 4.40. The number of aryl methyl sites for hydroxylation is 6. The summed E-state index contributed by atoms with van der Waals surface area (Å²) in [6, 6.07) is 18.7. The molecule has 4 aromatic rings. The van der Waals surface area contributed by atoms with Gasteiger partial charge in [-0.2, -0.15) is 36.4 Å². The van der Waals surface area contributed by atoms with Crippen LogP contribution in [-0.2, 0) is 21.1 Å². The van der Waals surface area contributed by atoms with Gasteiger partial charge in [0.25, 0.3) is 7.12 Å². The van der Waals surface area contributed by atoms with Gasteiger partial charge in [0.1, 0.15) is 0 Å². The molecule has 1 radical (unpaired) electrons. The van der Waals surface area contributed by atoms with Gasteiger partial charge in [-0.15, -0.1) is 0 Å². The maximum atomic E-state index is 4.66. The second-order valence-corrected chi connectivity index (χ2v) is 7.04. The number of nitrogens with zero attached hydrogens (tertiary/aromatic N) is 6. The molecule has 0 saturated heterocycles. The smallest absolute Gasteiger partial charge is 0.261 e. The third-order valence-corrected chi connectivity index (χ3v) is 4.40. The number of hydrogen-bond acceptors (Lipinski definition) is 3. The van der Waals surface area contributed by atoms with E-state index in [-0.39, 0.29) is 35.6 Å². The summed E-state index contributed by atoms with van der Waals surface area (Å²) in [6.07, 6.45) is 0. The van der Waals surface area contributed by atoms with Crippen molar-refractivity contribution >= 4 is 7.12 Å². The Balaban J connectivity index is 0.000000487. The van der Waals surface area contributed by atoms with Crippen LogP contribution in [0.25, 0.3) is 0 Å². The van der Waals surface area contributed by atoms with Crippen molar-refractivity contribution in [2.24, 2.45) is 0 Å². The molecular weight excluding hydrogens is 554 g/mol. The van der Waals surface area contributed by atoms with E-state index in [9.17, 15) is 0 Å². The first kappa shape index (κ1) is 25.6. The van der Waals surface area contributed by atoms with Crippen molar-refractivity contribution in [3.63, 3.8) is 0 Å². The van der Waals surface area contributed by atoms with Crippen molar-refractivity contribution in [1.29, 1.82) is 0 Å². The van der Waals surface area contributed by atoms with Gasteiger partial charge in [0.15, 0.2) is 0 Å². The van der Waals surface area contributed by atoms with E-state index >= 15 is 0 Å². The van der Waals surface area contributed by atoms with E-state index in [2.05, 4.69) is 60.3 Å². The van der Waals surface area contributed by atoms with Crippen molar-refractivity contribution in [3.8, 4) is 0 Å². The average Bonchev–Trinajstić information content (AvgIpc) is 3.28. The quantitative estimate of drug-likeness (QED) is 0.271. The van der Waals surface area contributed by atoms with Crippen LogP contribution in [-0.4, -0.2) is 36.2 Å². The SMILES string of the molecule is Cc1cc(C)n([B-](n2nc(C)cc2C)n2nc(C)cc2C)n1.[CH3-].[Pt].[c-]1ccccc1. The Morgan fingerprint density at radius 2 is 0.967 bits per heavy atom. The minimum atomic E-state index is -0.226. The Bertz CT molecular complexity index is 915. The zero-order valence-corrected chi connectivity index (χ0v) is 21.0. The van der Waals surface area contributed by atoms with Crippen LogP contribution >= 0.6 is 0 Å². The Hall–Kier alpha value is -2.40. The number of benzene rings is 1. The standard InChI is InChI=1S/C15H21BN6.C6H5.CH3.Pt/c1-10-7-13(4)20(17-10)16(21-14(5)8-11(2)18-21)22-15(6)9-12(3)19-22;1-2-4-6-5-3-1;;/h7-9H,1-6H3;1-5H;1H3;/q3*-1;. The van der Waals surface area contributed by atoms with Gasteiger partial charge in [0.2, 0.25) is 0 Å². The summed E-state index contributed by atoms with van der Waals surface area (Å²) in [5.74, 6) is 0. The molecule has 0 bridgehead atoms. The van der Waals surface area contributed by atoms with Gasteiger partial charge < -0.3 is 21.2 Å². The number of hydrogen-bond donors (Lipinski definition) is 0. The molecule has 0 atom stereocenters. The first-order chi connectivity index (χ1) is 13.4. The maximum Gasteiger partial charge on any atom is 0.261 e.